The van der Waals surface area contributed by atoms with Crippen molar-refractivity contribution in [2.45, 2.75) is 71.5 Å². The van der Waals surface area contributed by atoms with Crippen LogP contribution in [0.1, 0.15) is 53.9 Å². The Balaban J connectivity index is 2.65. The normalized spacial score (nSPS) is 25.3. The summed E-state index contributed by atoms with van der Waals surface area (Å²) >= 11 is 0. The van der Waals surface area contributed by atoms with Crippen LogP contribution in [0.25, 0.3) is 0 Å². The summed E-state index contributed by atoms with van der Waals surface area (Å²) < 4.78 is 0. The third-order valence-electron chi connectivity index (χ3n) is 4.23. The Morgan fingerprint density at radius 1 is 1.21 bits per heavy atom. The summed E-state index contributed by atoms with van der Waals surface area (Å²) in [5.41, 5.74) is 0.220. The van der Waals surface area contributed by atoms with Gasteiger partial charge in [0.15, 0.2) is 0 Å². The fourth-order valence-electron chi connectivity index (χ4n) is 3.03. The van der Waals surface area contributed by atoms with Gasteiger partial charge in [0, 0.05) is 37.3 Å². The maximum Gasteiger partial charge on any atom is 0.0223 e. The molecule has 0 aliphatic carbocycles. The lowest BCUT2D eigenvalue weighted by Crippen LogP contribution is -2.52. The second-order valence-electron chi connectivity index (χ2n) is 7.11. The van der Waals surface area contributed by atoms with Crippen molar-refractivity contribution in [1.29, 1.82) is 0 Å². The Hall–Kier alpha value is -0.120. The number of nitrogens with zero attached hydrogens (tertiary/aromatic N) is 2. The van der Waals surface area contributed by atoms with Crippen molar-refractivity contribution in [3.05, 3.63) is 0 Å². The van der Waals surface area contributed by atoms with Crippen LogP contribution >= 0.6 is 0 Å². The zero-order valence-corrected chi connectivity index (χ0v) is 14.0. The highest BCUT2D eigenvalue weighted by Crippen LogP contribution is 2.17. The molecule has 0 saturated carbocycles. The lowest BCUT2D eigenvalue weighted by molar-refractivity contribution is 0.117. The van der Waals surface area contributed by atoms with Gasteiger partial charge in [-0.3, -0.25) is 4.90 Å². The quantitative estimate of drug-likeness (QED) is 0.827. The summed E-state index contributed by atoms with van der Waals surface area (Å²) in [6.45, 7) is 16.3. The first-order valence-electron chi connectivity index (χ1n) is 8.06. The predicted octanol–water partition coefficient (Wildman–Crippen LogP) is 2.57. The number of likely N-dealkylation sites (N-methyl/N-ethyl adjacent to an activating group) is 1. The molecule has 1 aliphatic heterocycles. The third-order valence-corrected chi connectivity index (χ3v) is 4.23. The monoisotopic (exact) mass is 269 g/mol. The van der Waals surface area contributed by atoms with E-state index in [9.17, 15) is 0 Å². The summed E-state index contributed by atoms with van der Waals surface area (Å²) in [5, 5.41) is 3.69. The minimum Gasteiger partial charge on any atom is -0.311 e. The zero-order chi connectivity index (χ0) is 14.5. The van der Waals surface area contributed by atoms with Gasteiger partial charge in [-0.25, -0.2) is 0 Å². The number of hydrogen-bond donors (Lipinski definition) is 1. The van der Waals surface area contributed by atoms with Gasteiger partial charge in [0.2, 0.25) is 0 Å². The van der Waals surface area contributed by atoms with Crippen molar-refractivity contribution in [3.63, 3.8) is 0 Å². The molecule has 114 valence electrons. The van der Waals surface area contributed by atoms with Gasteiger partial charge < -0.3 is 10.2 Å². The van der Waals surface area contributed by atoms with Gasteiger partial charge in [-0.15, -0.1) is 0 Å². The van der Waals surface area contributed by atoms with Crippen molar-refractivity contribution in [2.75, 3.05) is 33.2 Å². The zero-order valence-electron chi connectivity index (χ0n) is 14.0. The minimum atomic E-state index is 0.220. The standard InChI is InChI=1S/C16H35N3/c1-7-14(12-17-16(3,4)5)19-11-9-10-18(6)13-15(19)8-2/h14-15,17H,7-13H2,1-6H3. The molecule has 1 aliphatic rings. The first-order chi connectivity index (χ1) is 8.87. The summed E-state index contributed by atoms with van der Waals surface area (Å²) in [4.78, 5) is 5.26. The molecule has 19 heavy (non-hydrogen) atoms. The van der Waals surface area contributed by atoms with Gasteiger partial charge in [-0.05, 0) is 53.6 Å². The fraction of sp³-hybridized carbons (Fsp3) is 1.00. The predicted molar refractivity (Wildman–Crippen MR) is 84.7 cm³/mol. The van der Waals surface area contributed by atoms with Gasteiger partial charge >= 0.3 is 0 Å². The lowest BCUT2D eigenvalue weighted by Gasteiger charge is -2.38. The molecule has 1 N–H and O–H groups in total. The fourth-order valence-corrected chi connectivity index (χ4v) is 3.03. The molecule has 0 amide bonds. The van der Waals surface area contributed by atoms with Crippen molar-refractivity contribution >= 4 is 0 Å². The van der Waals surface area contributed by atoms with Crippen LogP contribution in [-0.2, 0) is 0 Å². The minimum absolute atomic E-state index is 0.220. The molecule has 2 atom stereocenters. The summed E-state index contributed by atoms with van der Waals surface area (Å²) in [5.74, 6) is 0. The van der Waals surface area contributed by atoms with E-state index in [4.69, 9.17) is 0 Å². The average molecular weight is 269 g/mol. The van der Waals surface area contributed by atoms with Crippen LogP contribution in [0.3, 0.4) is 0 Å². The van der Waals surface area contributed by atoms with E-state index in [-0.39, 0.29) is 5.54 Å². The molecule has 0 aromatic rings. The summed E-state index contributed by atoms with van der Waals surface area (Å²) in [6.07, 6.45) is 3.80. The molecule has 0 spiro atoms. The molecule has 3 heteroatoms. The third kappa shape index (κ3) is 5.80. The van der Waals surface area contributed by atoms with E-state index in [1.807, 2.05) is 0 Å². The molecule has 1 fully saturated rings. The molecule has 0 aromatic carbocycles. The van der Waals surface area contributed by atoms with Crippen molar-refractivity contribution < 1.29 is 0 Å². The van der Waals surface area contributed by atoms with E-state index in [1.54, 1.807) is 0 Å². The van der Waals surface area contributed by atoms with Crippen LogP contribution in [0.2, 0.25) is 0 Å². The first kappa shape index (κ1) is 16.9. The van der Waals surface area contributed by atoms with E-state index in [0.29, 0.717) is 6.04 Å². The maximum absolute atomic E-state index is 3.69. The Labute approximate surface area is 120 Å². The molecular weight excluding hydrogens is 234 g/mol. The Bertz CT molecular complexity index is 247. The van der Waals surface area contributed by atoms with Crippen LogP contribution in [0.15, 0.2) is 0 Å². The van der Waals surface area contributed by atoms with E-state index < -0.39 is 0 Å². The highest BCUT2D eigenvalue weighted by Gasteiger charge is 2.27. The number of nitrogens with one attached hydrogen (secondary N) is 1. The molecular formula is C16H35N3. The largest absolute Gasteiger partial charge is 0.311 e. The van der Waals surface area contributed by atoms with E-state index >= 15 is 0 Å². The molecule has 1 saturated heterocycles. The second-order valence-corrected chi connectivity index (χ2v) is 7.11. The Morgan fingerprint density at radius 2 is 1.89 bits per heavy atom. The SMILES string of the molecule is CCC(CNC(C)(C)C)N1CCCN(C)CC1CC. The maximum atomic E-state index is 3.69. The second kappa shape index (κ2) is 7.61. The molecule has 2 unspecified atom stereocenters. The van der Waals surface area contributed by atoms with Crippen LogP contribution in [0.4, 0.5) is 0 Å². The smallest absolute Gasteiger partial charge is 0.0223 e. The topological polar surface area (TPSA) is 18.5 Å². The van der Waals surface area contributed by atoms with Crippen LogP contribution < -0.4 is 5.32 Å². The van der Waals surface area contributed by atoms with Gasteiger partial charge in [0.05, 0.1) is 0 Å². The molecule has 0 bridgehead atoms. The van der Waals surface area contributed by atoms with Gasteiger partial charge in [0.25, 0.3) is 0 Å². The molecule has 3 nitrogen and oxygen atoms in total. The highest BCUT2D eigenvalue weighted by molar-refractivity contribution is 4.85. The molecule has 0 aromatic heterocycles. The van der Waals surface area contributed by atoms with Crippen LogP contribution in [0.5, 0.6) is 0 Å². The van der Waals surface area contributed by atoms with Gasteiger partial charge in [-0.1, -0.05) is 13.8 Å². The van der Waals surface area contributed by atoms with Crippen molar-refractivity contribution in [1.82, 2.24) is 15.1 Å². The first-order valence-corrected chi connectivity index (χ1v) is 8.06. The average Bonchev–Trinajstić information content (AvgIpc) is 2.51. The van der Waals surface area contributed by atoms with Crippen molar-refractivity contribution in [3.8, 4) is 0 Å². The van der Waals surface area contributed by atoms with Gasteiger partial charge in [0.1, 0.15) is 0 Å². The Morgan fingerprint density at radius 3 is 2.42 bits per heavy atom. The van der Waals surface area contributed by atoms with Crippen molar-refractivity contribution in [2.24, 2.45) is 0 Å². The number of rotatable bonds is 5. The molecule has 1 rings (SSSR count). The molecule has 0 radical (unpaired) electrons. The molecule has 1 heterocycles. The number of hydrogen-bond acceptors (Lipinski definition) is 3. The summed E-state index contributed by atoms with van der Waals surface area (Å²) in [6, 6.07) is 1.40. The van der Waals surface area contributed by atoms with E-state index in [0.717, 1.165) is 12.6 Å². The van der Waals surface area contributed by atoms with E-state index in [2.05, 4.69) is 56.8 Å². The van der Waals surface area contributed by atoms with Crippen LogP contribution in [0, 0.1) is 0 Å². The van der Waals surface area contributed by atoms with E-state index in [1.165, 1.54) is 38.9 Å². The lowest BCUT2D eigenvalue weighted by atomic mass is 10.0. The highest BCUT2D eigenvalue weighted by atomic mass is 15.3. The van der Waals surface area contributed by atoms with Gasteiger partial charge in [-0.2, -0.15) is 0 Å². The van der Waals surface area contributed by atoms with Crippen LogP contribution in [-0.4, -0.2) is 60.6 Å². The summed E-state index contributed by atoms with van der Waals surface area (Å²) in [7, 11) is 2.26. The Kier molecular flexibility index (Phi) is 6.78.